The summed E-state index contributed by atoms with van der Waals surface area (Å²) < 4.78 is 42.8. The Labute approximate surface area is 329 Å². The van der Waals surface area contributed by atoms with Gasteiger partial charge in [-0.15, -0.1) is 0 Å². The van der Waals surface area contributed by atoms with E-state index in [2.05, 4.69) is 0 Å². The molecule has 9 heteroatoms. The Balaban J connectivity index is 0.876. The monoisotopic (exact) mass is 752 g/mol. The molecule has 0 radical (unpaired) electrons. The first kappa shape index (κ1) is 36.0. The molecule has 0 atom stereocenters. The lowest BCUT2D eigenvalue weighted by atomic mass is 10.3. The zero-order valence-electron chi connectivity index (χ0n) is 30.5. The van der Waals surface area contributed by atoms with Crippen LogP contribution in [0.5, 0.6) is 80.5 Å². The third kappa shape index (κ3) is 10.1. The molecule has 0 aliphatic carbocycles. The topological polar surface area (TPSA) is 117 Å². The number of anilines is 2. The molecule has 0 aromatic heterocycles. The van der Waals surface area contributed by atoms with Crippen LogP contribution in [0.25, 0.3) is 0 Å². The maximum Gasteiger partial charge on any atom is 0.131 e. The van der Waals surface area contributed by atoms with Gasteiger partial charge < -0.3 is 44.6 Å². The highest BCUT2D eigenvalue weighted by molar-refractivity contribution is 5.48. The van der Waals surface area contributed by atoms with Crippen LogP contribution < -0.4 is 44.6 Å². The van der Waals surface area contributed by atoms with E-state index in [0.29, 0.717) is 91.9 Å². The molecule has 9 nitrogen and oxygen atoms in total. The third-order valence-corrected chi connectivity index (χ3v) is 8.24. The normalized spacial score (nSPS) is 10.6. The molecule has 0 spiro atoms. The highest BCUT2D eigenvalue weighted by atomic mass is 16.5. The van der Waals surface area contributed by atoms with Crippen molar-refractivity contribution in [1.29, 1.82) is 0 Å². The second kappa shape index (κ2) is 17.0. The summed E-state index contributed by atoms with van der Waals surface area (Å²) in [6.07, 6.45) is 0. The molecule has 8 aromatic carbocycles. The summed E-state index contributed by atoms with van der Waals surface area (Å²) in [4.78, 5) is 0. The van der Waals surface area contributed by atoms with Crippen molar-refractivity contribution < 1.29 is 33.2 Å². The Hall–Kier alpha value is -8.04. The molecule has 280 valence electrons. The predicted octanol–water partition coefficient (Wildman–Crippen LogP) is 13.4. The van der Waals surface area contributed by atoms with Crippen molar-refractivity contribution in [3.63, 3.8) is 0 Å². The SMILES string of the molecule is Nc1ccc(Oc2cccc(Oc3cccc(Oc4cccc(Oc5cccc(Oc6cccc(Oc7cccc(Oc8ccc(N)cc8)c7)c6)c5)c4)c3)c2)cc1. The number of benzene rings is 8. The summed E-state index contributed by atoms with van der Waals surface area (Å²) in [6.45, 7) is 0. The third-order valence-electron chi connectivity index (χ3n) is 8.24. The van der Waals surface area contributed by atoms with Gasteiger partial charge in [0.15, 0.2) is 0 Å². The Morgan fingerprint density at radius 3 is 0.526 bits per heavy atom. The minimum Gasteiger partial charge on any atom is -0.457 e. The van der Waals surface area contributed by atoms with Crippen molar-refractivity contribution in [2.24, 2.45) is 0 Å². The summed E-state index contributed by atoms with van der Waals surface area (Å²) in [7, 11) is 0. The Kier molecular flexibility index (Phi) is 10.7. The summed E-state index contributed by atoms with van der Waals surface area (Å²) >= 11 is 0. The van der Waals surface area contributed by atoms with Crippen LogP contribution >= 0.6 is 0 Å². The van der Waals surface area contributed by atoms with Crippen LogP contribution in [0.15, 0.2) is 194 Å². The molecule has 0 bridgehead atoms. The van der Waals surface area contributed by atoms with Crippen molar-refractivity contribution in [1.82, 2.24) is 0 Å². The zero-order chi connectivity index (χ0) is 38.8. The Morgan fingerprint density at radius 2 is 0.351 bits per heavy atom. The lowest BCUT2D eigenvalue weighted by molar-refractivity contribution is 0.443. The van der Waals surface area contributed by atoms with E-state index in [1.165, 1.54) is 0 Å². The largest absolute Gasteiger partial charge is 0.457 e. The number of hydrogen-bond acceptors (Lipinski definition) is 9. The minimum absolute atomic E-state index is 0.591. The van der Waals surface area contributed by atoms with Gasteiger partial charge in [0.2, 0.25) is 0 Å². The fourth-order valence-electron chi connectivity index (χ4n) is 5.63. The van der Waals surface area contributed by atoms with Crippen LogP contribution in [0, 0.1) is 0 Å². The van der Waals surface area contributed by atoms with Gasteiger partial charge in [-0.1, -0.05) is 36.4 Å². The van der Waals surface area contributed by atoms with E-state index in [-0.39, 0.29) is 0 Å². The van der Waals surface area contributed by atoms with E-state index in [9.17, 15) is 0 Å². The first-order valence-electron chi connectivity index (χ1n) is 18.0. The Bertz CT molecular complexity index is 2410. The predicted molar refractivity (Wildman–Crippen MR) is 221 cm³/mol. The van der Waals surface area contributed by atoms with Crippen LogP contribution in [-0.2, 0) is 0 Å². The molecule has 8 aromatic rings. The van der Waals surface area contributed by atoms with Gasteiger partial charge in [-0.05, 0) is 121 Å². The second-order valence-electron chi connectivity index (χ2n) is 12.7. The number of rotatable bonds is 14. The standard InChI is InChI=1S/C48H36N2O7/c49-33-19-23-35(24-20-33)51-37-7-1-9-39(27-37)53-41-11-3-13-43(29-41)55-45-15-5-17-47(31-45)57-48-18-6-16-46(32-48)56-44-14-4-12-42(30-44)54-40-10-2-8-38(28-40)52-36-25-21-34(50)22-26-36/h1-32H,49-50H2. The van der Waals surface area contributed by atoms with Gasteiger partial charge in [-0.2, -0.15) is 0 Å². The lowest BCUT2D eigenvalue weighted by Crippen LogP contribution is -1.90. The van der Waals surface area contributed by atoms with Crippen LogP contribution in [-0.4, -0.2) is 0 Å². The molecule has 0 unspecified atom stereocenters. The molecular formula is C48H36N2O7. The lowest BCUT2D eigenvalue weighted by Gasteiger charge is -2.12. The van der Waals surface area contributed by atoms with Crippen LogP contribution in [0.1, 0.15) is 0 Å². The molecular weight excluding hydrogens is 717 g/mol. The van der Waals surface area contributed by atoms with Gasteiger partial charge in [0.05, 0.1) is 0 Å². The van der Waals surface area contributed by atoms with Gasteiger partial charge in [-0.25, -0.2) is 0 Å². The molecule has 8 rings (SSSR count). The zero-order valence-corrected chi connectivity index (χ0v) is 30.5. The smallest absolute Gasteiger partial charge is 0.131 e. The Morgan fingerprint density at radius 1 is 0.193 bits per heavy atom. The number of nitrogens with two attached hydrogens (primary N) is 2. The highest BCUT2D eigenvalue weighted by Gasteiger charge is 2.09. The van der Waals surface area contributed by atoms with E-state index in [1.54, 1.807) is 24.3 Å². The summed E-state index contributed by atoms with van der Waals surface area (Å²) in [5.41, 5.74) is 12.9. The minimum atomic E-state index is 0.591. The summed E-state index contributed by atoms with van der Waals surface area (Å²) in [6, 6.07) is 58.8. The van der Waals surface area contributed by atoms with E-state index in [1.807, 2.05) is 170 Å². The van der Waals surface area contributed by atoms with E-state index in [0.717, 1.165) is 0 Å². The molecule has 0 saturated carbocycles. The molecule has 0 heterocycles. The number of ether oxygens (including phenoxy) is 7. The molecule has 0 aliphatic heterocycles. The molecule has 0 fully saturated rings. The van der Waals surface area contributed by atoms with Crippen LogP contribution in [0.4, 0.5) is 11.4 Å². The average Bonchev–Trinajstić information content (AvgIpc) is 3.21. The molecule has 4 N–H and O–H groups in total. The van der Waals surface area contributed by atoms with Crippen molar-refractivity contribution in [2.75, 3.05) is 11.5 Å². The van der Waals surface area contributed by atoms with Gasteiger partial charge in [0.1, 0.15) is 80.5 Å². The van der Waals surface area contributed by atoms with Gasteiger partial charge >= 0.3 is 0 Å². The van der Waals surface area contributed by atoms with Crippen LogP contribution in [0.2, 0.25) is 0 Å². The summed E-state index contributed by atoms with van der Waals surface area (Å²) in [5, 5.41) is 0. The first-order valence-corrected chi connectivity index (χ1v) is 18.0. The van der Waals surface area contributed by atoms with E-state index >= 15 is 0 Å². The average molecular weight is 753 g/mol. The maximum absolute atomic E-state index is 6.21. The molecule has 0 amide bonds. The molecule has 0 saturated heterocycles. The quantitative estimate of drug-likeness (QED) is 0.105. The highest BCUT2D eigenvalue weighted by Crippen LogP contribution is 2.36. The fourth-order valence-corrected chi connectivity index (χ4v) is 5.63. The summed E-state index contributed by atoms with van der Waals surface area (Å²) in [5.74, 6) is 8.64. The first-order chi connectivity index (χ1) is 27.9. The van der Waals surface area contributed by atoms with Gasteiger partial charge in [0, 0.05) is 47.8 Å². The van der Waals surface area contributed by atoms with Crippen molar-refractivity contribution in [3.8, 4) is 80.5 Å². The van der Waals surface area contributed by atoms with Gasteiger partial charge in [-0.3, -0.25) is 0 Å². The van der Waals surface area contributed by atoms with E-state index in [4.69, 9.17) is 44.6 Å². The van der Waals surface area contributed by atoms with Crippen molar-refractivity contribution in [2.45, 2.75) is 0 Å². The number of nitrogen functional groups attached to an aromatic ring is 2. The maximum atomic E-state index is 6.21. The fraction of sp³-hybridized carbons (Fsp3) is 0. The van der Waals surface area contributed by atoms with Crippen molar-refractivity contribution >= 4 is 11.4 Å². The number of hydrogen-bond donors (Lipinski definition) is 2. The second-order valence-corrected chi connectivity index (χ2v) is 12.7. The molecule has 0 aliphatic rings. The van der Waals surface area contributed by atoms with Gasteiger partial charge in [0.25, 0.3) is 0 Å². The molecule has 57 heavy (non-hydrogen) atoms. The van der Waals surface area contributed by atoms with Crippen molar-refractivity contribution in [3.05, 3.63) is 194 Å². The van der Waals surface area contributed by atoms with E-state index < -0.39 is 0 Å². The van der Waals surface area contributed by atoms with Crippen LogP contribution in [0.3, 0.4) is 0 Å².